The number of aliphatic hydroxyl groups excluding tert-OH is 1. The Kier molecular flexibility index (Phi) is 13.5. The molecule has 0 fully saturated rings. The highest BCUT2D eigenvalue weighted by atomic mass is 16.4. The van der Waals surface area contributed by atoms with Gasteiger partial charge in [0.05, 0.1) is 0 Å². The van der Waals surface area contributed by atoms with E-state index in [0.717, 1.165) is 44.9 Å². The van der Waals surface area contributed by atoms with Crippen LogP contribution in [0.15, 0.2) is 12.2 Å². The maximum absolute atomic E-state index is 10.4. The zero-order valence-electron chi connectivity index (χ0n) is 12.9. The first-order valence-corrected chi connectivity index (χ1v) is 7.71. The van der Waals surface area contributed by atoms with Crippen LogP contribution in [0.1, 0.15) is 64.7 Å². The fourth-order valence-electron chi connectivity index (χ4n) is 1.64. The van der Waals surface area contributed by atoms with E-state index in [-0.39, 0.29) is 0 Å². The van der Waals surface area contributed by atoms with Gasteiger partial charge in [-0.05, 0) is 31.4 Å². The summed E-state index contributed by atoms with van der Waals surface area (Å²) in [5.74, 6) is 10.9. The summed E-state index contributed by atoms with van der Waals surface area (Å²) >= 11 is 0. The van der Waals surface area contributed by atoms with Crippen molar-refractivity contribution in [1.29, 1.82) is 0 Å². The van der Waals surface area contributed by atoms with E-state index in [1.807, 2.05) is 0 Å². The van der Waals surface area contributed by atoms with E-state index in [4.69, 9.17) is 10.2 Å². The topological polar surface area (TPSA) is 57.5 Å². The van der Waals surface area contributed by atoms with Crippen molar-refractivity contribution < 1.29 is 15.0 Å². The van der Waals surface area contributed by atoms with Crippen LogP contribution in [-0.2, 0) is 4.79 Å². The maximum Gasteiger partial charge on any atom is 0.332 e. The Morgan fingerprint density at radius 3 is 2.14 bits per heavy atom. The maximum atomic E-state index is 10.4. The number of aliphatic hydroxyl groups is 1. The number of hydrogen-bond donors (Lipinski definition) is 2. The van der Waals surface area contributed by atoms with Gasteiger partial charge in [-0.25, -0.2) is 4.79 Å². The fraction of sp³-hybridized carbons (Fsp3) is 0.611. The lowest BCUT2D eigenvalue weighted by Gasteiger charge is -2.03. The van der Waals surface area contributed by atoms with Crippen molar-refractivity contribution in [2.75, 3.05) is 0 Å². The van der Waals surface area contributed by atoms with E-state index < -0.39 is 12.1 Å². The normalized spacial score (nSPS) is 11.3. The fourth-order valence-corrected chi connectivity index (χ4v) is 1.64. The van der Waals surface area contributed by atoms with Gasteiger partial charge in [-0.3, -0.25) is 0 Å². The van der Waals surface area contributed by atoms with Gasteiger partial charge in [0.15, 0.2) is 6.10 Å². The molecule has 0 saturated carbocycles. The predicted molar refractivity (Wildman–Crippen MR) is 85.6 cm³/mol. The van der Waals surface area contributed by atoms with Crippen molar-refractivity contribution in [3.8, 4) is 23.7 Å². The molecule has 0 bridgehead atoms. The van der Waals surface area contributed by atoms with Gasteiger partial charge < -0.3 is 10.2 Å². The number of hydrogen-bond acceptors (Lipinski definition) is 2. The predicted octanol–water partition coefficient (Wildman–Crippen LogP) is 3.53. The molecule has 1 unspecified atom stereocenters. The molecule has 0 spiro atoms. The first kappa shape index (κ1) is 19.3. The second-order valence-electron chi connectivity index (χ2n) is 4.89. The third-order valence-corrected chi connectivity index (χ3v) is 2.92. The van der Waals surface area contributed by atoms with E-state index in [2.05, 4.69) is 30.6 Å². The van der Waals surface area contributed by atoms with Crippen LogP contribution < -0.4 is 0 Å². The minimum absolute atomic E-state index is 0.334. The van der Waals surface area contributed by atoms with Gasteiger partial charge in [0.2, 0.25) is 0 Å². The molecular weight excluding hydrogens is 264 g/mol. The molecule has 0 aliphatic rings. The number of carbonyl (C=O) groups is 1. The van der Waals surface area contributed by atoms with Crippen molar-refractivity contribution in [2.24, 2.45) is 0 Å². The molecule has 0 aliphatic carbocycles. The molecule has 2 N–H and O–H groups in total. The summed E-state index contributed by atoms with van der Waals surface area (Å²) in [6.07, 6.45) is 10.5. The molecule has 3 heteroatoms. The summed E-state index contributed by atoms with van der Waals surface area (Å²) < 4.78 is 0. The van der Waals surface area contributed by atoms with Gasteiger partial charge in [-0.15, -0.1) is 0 Å². The van der Waals surface area contributed by atoms with Crippen LogP contribution in [0.2, 0.25) is 0 Å². The minimum Gasteiger partial charge on any atom is -0.479 e. The number of allylic oxidation sites excluding steroid dienone is 2. The molecule has 3 nitrogen and oxygen atoms in total. The van der Waals surface area contributed by atoms with Crippen LogP contribution >= 0.6 is 0 Å². The standard InChI is InChI=1S/C18H26O3/c1-2-3-4-5-6-7-8-9-10-11-12-13-14-15-16-17(19)18(20)21/h7-8,17,19H,2-4,11-16H2,1H3,(H,20,21)/b8-7-. The van der Waals surface area contributed by atoms with E-state index >= 15 is 0 Å². The van der Waals surface area contributed by atoms with Crippen molar-refractivity contribution in [1.82, 2.24) is 0 Å². The summed E-state index contributed by atoms with van der Waals surface area (Å²) in [6.45, 7) is 2.15. The zero-order chi connectivity index (χ0) is 15.8. The largest absolute Gasteiger partial charge is 0.479 e. The Hall–Kier alpha value is -1.71. The van der Waals surface area contributed by atoms with Gasteiger partial charge in [-0.1, -0.05) is 56.3 Å². The Morgan fingerprint density at radius 1 is 1.00 bits per heavy atom. The van der Waals surface area contributed by atoms with Crippen LogP contribution in [0.4, 0.5) is 0 Å². The highest BCUT2D eigenvalue weighted by Crippen LogP contribution is 2.07. The molecule has 0 aromatic rings. The lowest BCUT2D eigenvalue weighted by molar-refractivity contribution is -0.146. The molecule has 0 amide bonds. The quantitative estimate of drug-likeness (QED) is 0.504. The summed E-state index contributed by atoms with van der Waals surface area (Å²) in [4.78, 5) is 10.4. The highest BCUT2D eigenvalue weighted by molar-refractivity contribution is 5.71. The summed E-state index contributed by atoms with van der Waals surface area (Å²) in [5.41, 5.74) is 0. The monoisotopic (exact) mass is 290 g/mol. The number of rotatable bonds is 9. The lowest BCUT2D eigenvalue weighted by Crippen LogP contribution is -2.18. The van der Waals surface area contributed by atoms with Crippen LogP contribution in [0, 0.1) is 23.7 Å². The SMILES string of the molecule is CCCCC#C/C=C\C#CCCCCCCC(O)C(=O)O. The van der Waals surface area contributed by atoms with Gasteiger partial charge in [0.1, 0.15) is 0 Å². The van der Waals surface area contributed by atoms with Crippen LogP contribution in [0.5, 0.6) is 0 Å². The number of aliphatic carboxylic acids is 1. The smallest absolute Gasteiger partial charge is 0.332 e. The summed E-state index contributed by atoms with van der Waals surface area (Å²) in [6, 6.07) is 0. The molecule has 0 aromatic heterocycles. The van der Waals surface area contributed by atoms with Crippen LogP contribution in [0.25, 0.3) is 0 Å². The van der Waals surface area contributed by atoms with E-state index in [1.54, 1.807) is 12.2 Å². The molecular formula is C18H26O3. The van der Waals surface area contributed by atoms with E-state index in [9.17, 15) is 4.79 Å². The van der Waals surface area contributed by atoms with Crippen molar-refractivity contribution in [3.05, 3.63) is 12.2 Å². The van der Waals surface area contributed by atoms with Crippen LogP contribution in [0.3, 0.4) is 0 Å². The van der Waals surface area contributed by atoms with Gasteiger partial charge >= 0.3 is 5.97 Å². The van der Waals surface area contributed by atoms with Gasteiger partial charge in [0, 0.05) is 12.8 Å². The average Bonchev–Trinajstić information content (AvgIpc) is 2.47. The van der Waals surface area contributed by atoms with Crippen LogP contribution in [-0.4, -0.2) is 22.3 Å². The third kappa shape index (κ3) is 14.5. The zero-order valence-corrected chi connectivity index (χ0v) is 12.9. The average molecular weight is 290 g/mol. The minimum atomic E-state index is -1.21. The first-order chi connectivity index (χ1) is 10.2. The highest BCUT2D eigenvalue weighted by Gasteiger charge is 2.11. The number of unbranched alkanes of at least 4 members (excludes halogenated alkanes) is 6. The molecule has 0 rings (SSSR count). The van der Waals surface area contributed by atoms with Crippen molar-refractivity contribution in [3.63, 3.8) is 0 Å². The molecule has 116 valence electrons. The van der Waals surface area contributed by atoms with E-state index in [0.29, 0.717) is 6.42 Å². The Labute approximate surface area is 128 Å². The summed E-state index contributed by atoms with van der Waals surface area (Å²) in [7, 11) is 0. The lowest BCUT2D eigenvalue weighted by atomic mass is 10.1. The Balaban J connectivity index is 3.47. The molecule has 1 atom stereocenters. The van der Waals surface area contributed by atoms with Crippen molar-refractivity contribution in [2.45, 2.75) is 70.8 Å². The molecule has 0 aromatic carbocycles. The molecule has 0 heterocycles. The van der Waals surface area contributed by atoms with Gasteiger partial charge in [-0.2, -0.15) is 0 Å². The molecule has 21 heavy (non-hydrogen) atoms. The number of carboxylic acids is 1. The Morgan fingerprint density at radius 2 is 1.57 bits per heavy atom. The molecule has 0 saturated heterocycles. The van der Waals surface area contributed by atoms with Crippen molar-refractivity contribution >= 4 is 5.97 Å². The third-order valence-electron chi connectivity index (χ3n) is 2.92. The molecule has 0 radical (unpaired) electrons. The van der Waals surface area contributed by atoms with Gasteiger partial charge in [0.25, 0.3) is 0 Å². The summed E-state index contributed by atoms with van der Waals surface area (Å²) in [5, 5.41) is 17.6. The Bertz CT molecular complexity index is 415. The number of carboxylic acid groups (broad SMARTS) is 1. The second-order valence-corrected chi connectivity index (χ2v) is 4.89. The first-order valence-electron chi connectivity index (χ1n) is 7.71. The second kappa shape index (κ2) is 14.7. The molecule has 0 aliphatic heterocycles. The van der Waals surface area contributed by atoms with E-state index in [1.165, 1.54) is 6.42 Å².